The van der Waals surface area contributed by atoms with E-state index in [9.17, 15) is 8.42 Å². The van der Waals surface area contributed by atoms with Crippen LogP contribution >= 0.6 is 0 Å². The van der Waals surface area contributed by atoms with Gasteiger partial charge in [-0.15, -0.1) is 0 Å². The van der Waals surface area contributed by atoms with Gasteiger partial charge in [-0.05, 0) is 38.1 Å². The summed E-state index contributed by atoms with van der Waals surface area (Å²) in [6.45, 7) is 2.92. The van der Waals surface area contributed by atoms with Crippen molar-refractivity contribution >= 4 is 10.0 Å². The van der Waals surface area contributed by atoms with Crippen molar-refractivity contribution in [2.24, 2.45) is 5.92 Å². The van der Waals surface area contributed by atoms with Crippen LogP contribution in [0.25, 0.3) is 0 Å². The normalized spacial score (nSPS) is 30.7. The molecule has 0 bridgehead atoms. The van der Waals surface area contributed by atoms with Gasteiger partial charge in [-0.3, -0.25) is 0 Å². The smallest absolute Gasteiger partial charge is 0.215 e. The molecule has 2 heterocycles. The second-order valence-electron chi connectivity index (χ2n) is 5.39. The van der Waals surface area contributed by atoms with Gasteiger partial charge in [0.25, 0.3) is 0 Å². The van der Waals surface area contributed by atoms with Crippen LogP contribution in [-0.4, -0.2) is 57.9 Å². The van der Waals surface area contributed by atoms with E-state index >= 15 is 0 Å². The predicted octanol–water partition coefficient (Wildman–Crippen LogP) is 0.427. The molecule has 0 aromatic rings. The lowest BCUT2D eigenvalue weighted by atomic mass is 10.0. The summed E-state index contributed by atoms with van der Waals surface area (Å²) in [5.41, 5.74) is 0. The quantitative estimate of drug-likeness (QED) is 0.791. The van der Waals surface area contributed by atoms with Crippen molar-refractivity contribution in [2.75, 3.05) is 39.1 Å². The molecule has 0 spiro atoms. The lowest BCUT2D eigenvalue weighted by Gasteiger charge is -2.32. The van der Waals surface area contributed by atoms with Crippen molar-refractivity contribution < 1.29 is 13.2 Å². The second-order valence-corrected chi connectivity index (χ2v) is 7.41. The van der Waals surface area contributed by atoms with E-state index in [1.54, 1.807) is 11.4 Å². The van der Waals surface area contributed by atoms with Crippen LogP contribution in [0.3, 0.4) is 0 Å². The lowest BCUT2D eigenvalue weighted by Crippen LogP contribution is -2.45. The Labute approximate surface area is 110 Å². The summed E-state index contributed by atoms with van der Waals surface area (Å²) in [7, 11) is -1.43. The van der Waals surface area contributed by atoms with Gasteiger partial charge in [0.2, 0.25) is 10.0 Å². The Bertz CT molecular complexity index is 350. The molecule has 0 amide bonds. The maximum Gasteiger partial charge on any atom is 0.215 e. The van der Waals surface area contributed by atoms with E-state index in [1.807, 2.05) is 0 Å². The Morgan fingerprint density at radius 2 is 2.17 bits per heavy atom. The number of nitrogens with zero attached hydrogens (tertiary/aromatic N) is 1. The van der Waals surface area contributed by atoms with Crippen LogP contribution in [0.15, 0.2) is 0 Å². The van der Waals surface area contributed by atoms with Crippen molar-refractivity contribution in [2.45, 2.75) is 31.7 Å². The monoisotopic (exact) mass is 276 g/mol. The molecule has 0 aromatic heterocycles. The minimum Gasteiger partial charge on any atom is -0.384 e. The van der Waals surface area contributed by atoms with Crippen LogP contribution in [-0.2, 0) is 14.8 Å². The summed E-state index contributed by atoms with van der Waals surface area (Å²) < 4.78 is 31.5. The average Bonchev–Trinajstić information content (AvgIpc) is 2.82. The van der Waals surface area contributed by atoms with Crippen LogP contribution in [0.5, 0.6) is 0 Å². The molecule has 18 heavy (non-hydrogen) atoms. The number of sulfonamides is 1. The molecule has 5 nitrogen and oxygen atoms in total. The first kappa shape index (κ1) is 14.2. The van der Waals surface area contributed by atoms with Crippen LogP contribution in [0.4, 0.5) is 0 Å². The third-order valence-electron chi connectivity index (χ3n) is 3.85. The molecule has 1 N–H and O–H groups in total. The zero-order valence-electron chi connectivity index (χ0n) is 11.1. The highest BCUT2D eigenvalue weighted by Crippen LogP contribution is 2.21. The first-order valence-electron chi connectivity index (χ1n) is 6.82. The van der Waals surface area contributed by atoms with Gasteiger partial charge in [0, 0.05) is 26.2 Å². The Morgan fingerprint density at radius 3 is 2.83 bits per heavy atom. The second kappa shape index (κ2) is 6.32. The van der Waals surface area contributed by atoms with E-state index in [-0.39, 0.29) is 11.8 Å². The average molecular weight is 276 g/mol. The van der Waals surface area contributed by atoms with Gasteiger partial charge < -0.3 is 10.1 Å². The molecule has 2 aliphatic rings. The summed E-state index contributed by atoms with van der Waals surface area (Å²) in [5.74, 6) is 0.613. The molecular formula is C12H24N2O3S. The highest BCUT2D eigenvalue weighted by Gasteiger charge is 2.31. The number of methoxy groups -OCH3 is 1. The van der Waals surface area contributed by atoms with E-state index in [1.165, 1.54) is 0 Å². The largest absolute Gasteiger partial charge is 0.384 e. The molecular weight excluding hydrogens is 252 g/mol. The summed E-state index contributed by atoms with van der Waals surface area (Å²) in [6, 6.07) is 0.151. The fourth-order valence-electron chi connectivity index (χ4n) is 2.91. The minimum atomic E-state index is -3.10. The highest BCUT2D eigenvalue weighted by molar-refractivity contribution is 7.89. The standard InChI is InChI=1S/C12H24N2O3S/c1-17-9-11-4-3-7-14(8-11)18(15,16)10-12-5-2-6-13-12/h11-13H,2-10H2,1H3. The molecule has 6 heteroatoms. The molecule has 2 unspecified atom stereocenters. The number of hydrogen-bond acceptors (Lipinski definition) is 4. The van der Waals surface area contributed by atoms with E-state index in [0.29, 0.717) is 25.6 Å². The van der Waals surface area contributed by atoms with Crippen LogP contribution in [0, 0.1) is 5.92 Å². The van der Waals surface area contributed by atoms with Gasteiger partial charge in [-0.25, -0.2) is 12.7 Å². The van der Waals surface area contributed by atoms with Crippen LogP contribution in [0.1, 0.15) is 25.7 Å². The summed E-state index contributed by atoms with van der Waals surface area (Å²) in [4.78, 5) is 0. The number of piperidine rings is 1. The predicted molar refractivity (Wildman–Crippen MR) is 71.0 cm³/mol. The molecule has 0 aromatic carbocycles. The van der Waals surface area contributed by atoms with E-state index < -0.39 is 10.0 Å². The van der Waals surface area contributed by atoms with Crippen LogP contribution < -0.4 is 5.32 Å². The van der Waals surface area contributed by atoms with Gasteiger partial charge in [-0.2, -0.15) is 0 Å². The molecule has 0 saturated carbocycles. The van der Waals surface area contributed by atoms with Crippen LogP contribution in [0.2, 0.25) is 0 Å². The maximum absolute atomic E-state index is 12.3. The van der Waals surface area contributed by atoms with Crippen molar-refractivity contribution in [1.29, 1.82) is 0 Å². The SMILES string of the molecule is COCC1CCCN(S(=O)(=O)CC2CCCN2)C1. The highest BCUT2D eigenvalue weighted by atomic mass is 32.2. The van der Waals surface area contributed by atoms with Gasteiger partial charge in [-0.1, -0.05) is 0 Å². The van der Waals surface area contributed by atoms with E-state index in [2.05, 4.69) is 5.32 Å². The molecule has 0 aliphatic carbocycles. The zero-order chi connectivity index (χ0) is 13.0. The molecule has 2 atom stereocenters. The van der Waals surface area contributed by atoms with Gasteiger partial charge in [0.05, 0.1) is 12.4 Å². The molecule has 2 aliphatic heterocycles. The Balaban J connectivity index is 1.91. The Kier molecular flexibility index (Phi) is 5.00. The molecule has 106 valence electrons. The number of rotatable bonds is 5. The molecule has 2 rings (SSSR count). The number of hydrogen-bond donors (Lipinski definition) is 1. The Hall–Kier alpha value is -0.170. The minimum absolute atomic E-state index is 0.151. The zero-order valence-corrected chi connectivity index (χ0v) is 11.9. The summed E-state index contributed by atoms with van der Waals surface area (Å²) in [6.07, 6.45) is 4.09. The first-order chi connectivity index (χ1) is 8.62. The topological polar surface area (TPSA) is 58.6 Å². The van der Waals surface area contributed by atoms with Gasteiger partial charge in [0.15, 0.2) is 0 Å². The van der Waals surface area contributed by atoms with Crippen molar-refractivity contribution in [3.05, 3.63) is 0 Å². The van der Waals surface area contributed by atoms with E-state index in [4.69, 9.17) is 4.74 Å². The molecule has 2 saturated heterocycles. The van der Waals surface area contributed by atoms with Gasteiger partial charge in [0.1, 0.15) is 0 Å². The fourth-order valence-corrected chi connectivity index (χ4v) is 4.76. The fraction of sp³-hybridized carbons (Fsp3) is 1.00. The maximum atomic E-state index is 12.3. The Morgan fingerprint density at radius 1 is 1.33 bits per heavy atom. The third-order valence-corrected chi connectivity index (χ3v) is 5.79. The number of ether oxygens (including phenoxy) is 1. The van der Waals surface area contributed by atoms with Crippen molar-refractivity contribution in [3.63, 3.8) is 0 Å². The summed E-state index contributed by atoms with van der Waals surface area (Å²) >= 11 is 0. The van der Waals surface area contributed by atoms with Crippen molar-refractivity contribution in [3.8, 4) is 0 Å². The van der Waals surface area contributed by atoms with Crippen molar-refractivity contribution in [1.82, 2.24) is 9.62 Å². The van der Waals surface area contributed by atoms with Gasteiger partial charge >= 0.3 is 0 Å². The molecule has 0 radical (unpaired) electrons. The first-order valence-corrected chi connectivity index (χ1v) is 8.43. The lowest BCUT2D eigenvalue weighted by molar-refractivity contribution is 0.118. The number of nitrogens with one attached hydrogen (secondary N) is 1. The van der Waals surface area contributed by atoms with E-state index in [0.717, 1.165) is 32.2 Å². The molecule has 2 fully saturated rings. The summed E-state index contributed by atoms with van der Waals surface area (Å²) in [5, 5.41) is 3.26. The third kappa shape index (κ3) is 3.66.